The predicted molar refractivity (Wildman–Crippen MR) is 112 cm³/mol. The van der Waals surface area contributed by atoms with Crippen molar-refractivity contribution < 1.29 is 9.90 Å². The number of aromatic nitrogens is 2. The quantitative estimate of drug-likeness (QED) is 0.588. The van der Waals surface area contributed by atoms with Crippen molar-refractivity contribution in [2.24, 2.45) is 0 Å². The summed E-state index contributed by atoms with van der Waals surface area (Å²) in [7, 11) is 0. The Morgan fingerprint density at radius 1 is 1.18 bits per heavy atom. The van der Waals surface area contributed by atoms with Crippen LogP contribution in [0.25, 0.3) is 5.65 Å². The molecule has 2 aromatic heterocycles. The molecule has 0 saturated heterocycles. The summed E-state index contributed by atoms with van der Waals surface area (Å²) in [5, 5.41) is 15.2. The van der Waals surface area contributed by atoms with Crippen molar-refractivity contribution >= 4 is 17.2 Å². The molecule has 1 amide bonds. The van der Waals surface area contributed by atoms with Crippen molar-refractivity contribution in [2.75, 3.05) is 18.5 Å². The molecule has 2 heterocycles. The van der Waals surface area contributed by atoms with Crippen molar-refractivity contribution in [3.63, 3.8) is 0 Å². The number of nitrogens with one attached hydrogen (secondary N) is 2. The van der Waals surface area contributed by atoms with Gasteiger partial charge in [0.2, 0.25) is 0 Å². The van der Waals surface area contributed by atoms with Crippen molar-refractivity contribution in [1.82, 2.24) is 14.7 Å². The molecular formula is C22H28N4O2. The Balaban J connectivity index is 1.98. The average molecular weight is 380 g/mol. The lowest BCUT2D eigenvalue weighted by Crippen LogP contribution is -2.28. The maximum atomic E-state index is 12.5. The van der Waals surface area contributed by atoms with Crippen LogP contribution in [-0.4, -0.2) is 33.6 Å². The first kappa shape index (κ1) is 19.9. The molecule has 0 bridgehead atoms. The molecule has 3 N–H and O–H groups in total. The maximum absolute atomic E-state index is 12.5. The molecule has 0 fully saturated rings. The molecule has 3 aromatic rings. The first-order valence-electron chi connectivity index (χ1n) is 9.66. The van der Waals surface area contributed by atoms with E-state index >= 15 is 0 Å². The molecule has 28 heavy (non-hydrogen) atoms. The molecule has 1 aromatic carbocycles. The summed E-state index contributed by atoms with van der Waals surface area (Å²) < 4.78 is 1.88. The number of hydrogen-bond acceptors (Lipinski definition) is 4. The van der Waals surface area contributed by atoms with E-state index in [1.54, 1.807) is 6.07 Å². The Morgan fingerprint density at radius 2 is 1.96 bits per heavy atom. The number of fused-ring (bicyclic) bond motifs is 1. The third kappa shape index (κ3) is 3.73. The van der Waals surface area contributed by atoms with Crippen LogP contribution in [0.3, 0.4) is 0 Å². The Hall–Kier alpha value is -2.86. The number of aliphatic hydroxyl groups is 1. The van der Waals surface area contributed by atoms with E-state index in [9.17, 15) is 4.79 Å². The fraction of sp³-hybridized carbons (Fsp3) is 0.364. The Kier molecular flexibility index (Phi) is 5.99. The number of aliphatic hydroxyl groups excluding tert-OH is 1. The molecule has 6 heteroatoms. The van der Waals surface area contributed by atoms with Crippen molar-refractivity contribution in [1.29, 1.82) is 0 Å². The Labute approximate surface area is 165 Å². The van der Waals surface area contributed by atoms with Gasteiger partial charge in [0.15, 0.2) is 5.65 Å². The summed E-state index contributed by atoms with van der Waals surface area (Å²) in [5.74, 6) is -0.224. The molecule has 0 spiro atoms. The highest BCUT2D eigenvalue weighted by molar-refractivity contribution is 5.94. The van der Waals surface area contributed by atoms with Gasteiger partial charge in [-0.05, 0) is 56.0 Å². The summed E-state index contributed by atoms with van der Waals surface area (Å²) in [4.78, 5) is 17.2. The lowest BCUT2D eigenvalue weighted by molar-refractivity contribution is 0.0938. The number of carbonyl (C=O) groups excluding carboxylic acids is 1. The first-order chi connectivity index (χ1) is 13.5. The number of anilines is 1. The van der Waals surface area contributed by atoms with Gasteiger partial charge in [-0.15, -0.1) is 0 Å². The van der Waals surface area contributed by atoms with E-state index in [4.69, 9.17) is 5.11 Å². The Bertz CT molecular complexity index is 1010. The van der Waals surface area contributed by atoms with E-state index in [2.05, 4.69) is 47.7 Å². The van der Waals surface area contributed by atoms with E-state index in [0.29, 0.717) is 12.2 Å². The monoisotopic (exact) mass is 380 g/mol. The molecule has 3 rings (SSSR count). The lowest BCUT2D eigenvalue weighted by atomic mass is 10.00. The van der Waals surface area contributed by atoms with Gasteiger partial charge in [0.25, 0.3) is 5.91 Å². The minimum atomic E-state index is -0.224. The number of nitrogens with zero attached hydrogens (tertiary/aromatic N) is 2. The zero-order valence-corrected chi connectivity index (χ0v) is 17.0. The SMILES string of the molecule is CCc1cccc(C)c1CNc1ccc(C(=O)NCCO)n2c(C)c(C)nc12. The summed E-state index contributed by atoms with van der Waals surface area (Å²) >= 11 is 0. The van der Waals surface area contributed by atoms with Crippen LogP contribution in [0, 0.1) is 20.8 Å². The van der Waals surface area contributed by atoms with Crippen LogP contribution in [0.15, 0.2) is 30.3 Å². The van der Waals surface area contributed by atoms with Gasteiger partial charge in [-0.3, -0.25) is 9.20 Å². The molecular weight excluding hydrogens is 352 g/mol. The third-order valence-electron chi connectivity index (χ3n) is 5.21. The highest BCUT2D eigenvalue weighted by atomic mass is 16.3. The fourth-order valence-corrected chi connectivity index (χ4v) is 3.50. The van der Waals surface area contributed by atoms with Crippen LogP contribution in [0.1, 0.15) is 45.5 Å². The van der Waals surface area contributed by atoms with Gasteiger partial charge in [0, 0.05) is 18.8 Å². The number of benzene rings is 1. The van der Waals surface area contributed by atoms with Crippen LogP contribution >= 0.6 is 0 Å². The average Bonchev–Trinajstić information content (AvgIpc) is 2.99. The third-order valence-corrected chi connectivity index (χ3v) is 5.21. The van der Waals surface area contributed by atoms with Gasteiger partial charge in [0.1, 0.15) is 5.69 Å². The topological polar surface area (TPSA) is 78.7 Å². The van der Waals surface area contributed by atoms with E-state index < -0.39 is 0 Å². The van der Waals surface area contributed by atoms with E-state index in [0.717, 1.165) is 29.1 Å². The molecule has 0 aliphatic carbocycles. The summed E-state index contributed by atoms with van der Waals surface area (Å²) in [6.45, 7) is 9.03. The molecule has 0 aliphatic rings. The van der Waals surface area contributed by atoms with Crippen LogP contribution in [0.4, 0.5) is 5.69 Å². The van der Waals surface area contributed by atoms with E-state index in [1.165, 1.54) is 16.7 Å². The van der Waals surface area contributed by atoms with Gasteiger partial charge in [0.05, 0.1) is 18.0 Å². The standard InChI is InChI=1S/C22H28N4O2/c1-5-17-8-6-7-14(2)18(17)13-24-19-9-10-20(22(28)23-11-12-27)26-16(4)15(3)25-21(19)26/h6-10,24,27H,5,11-13H2,1-4H3,(H,23,28). The number of amides is 1. The summed E-state index contributed by atoms with van der Waals surface area (Å²) in [5.41, 5.74) is 7.84. The number of carbonyl (C=O) groups is 1. The predicted octanol–water partition coefficient (Wildman–Crippen LogP) is 3.16. The fourth-order valence-electron chi connectivity index (χ4n) is 3.50. The second-order valence-electron chi connectivity index (χ2n) is 6.97. The number of rotatable bonds is 7. The highest BCUT2D eigenvalue weighted by Crippen LogP contribution is 2.24. The van der Waals surface area contributed by atoms with Gasteiger partial charge < -0.3 is 15.7 Å². The maximum Gasteiger partial charge on any atom is 0.268 e. The minimum Gasteiger partial charge on any atom is -0.395 e. The van der Waals surface area contributed by atoms with Gasteiger partial charge in [-0.1, -0.05) is 25.1 Å². The molecule has 0 atom stereocenters. The second kappa shape index (κ2) is 8.44. The van der Waals surface area contributed by atoms with Crippen LogP contribution in [-0.2, 0) is 13.0 Å². The lowest BCUT2D eigenvalue weighted by Gasteiger charge is -2.15. The molecule has 0 aliphatic heterocycles. The highest BCUT2D eigenvalue weighted by Gasteiger charge is 2.17. The first-order valence-corrected chi connectivity index (χ1v) is 9.66. The van der Waals surface area contributed by atoms with Crippen molar-refractivity contribution in [3.05, 3.63) is 64.1 Å². The molecule has 148 valence electrons. The van der Waals surface area contributed by atoms with E-state index in [-0.39, 0.29) is 19.1 Å². The van der Waals surface area contributed by atoms with Crippen LogP contribution < -0.4 is 10.6 Å². The zero-order valence-electron chi connectivity index (χ0n) is 17.0. The smallest absolute Gasteiger partial charge is 0.268 e. The molecule has 6 nitrogen and oxygen atoms in total. The molecule has 0 radical (unpaired) electrons. The Morgan fingerprint density at radius 3 is 2.68 bits per heavy atom. The van der Waals surface area contributed by atoms with Crippen molar-refractivity contribution in [2.45, 2.75) is 40.7 Å². The number of pyridine rings is 1. The van der Waals surface area contributed by atoms with Gasteiger partial charge in [-0.2, -0.15) is 0 Å². The number of hydrogen-bond donors (Lipinski definition) is 3. The minimum absolute atomic E-state index is 0.0906. The number of imidazole rings is 1. The largest absolute Gasteiger partial charge is 0.395 e. The van der Waals surface area contributed by atoms with Gasteiger partial charge >= 0.3 is 0 Å². The zero-order chi connectivity index (χ0) is 20.3. The number of aryl methyl sites for hydroxylation is 4. The second-order valence-corrected chi connectivity index (χ2v) is 6.97. The molecule has 0 saturated carbocycles. The molecule has 0 unspecified atom stereocenters. The van der Waals surface area contributed by atoms with E-state index in [1.807, 2.05) is 24.3 Å². The van der Waals surface area contributed by atoms with Crippen LogP contribution in [0.2, 0.25) is 0 Å². The summed E-state index contributed by atoms with van der Waals surface area (Å²) in [6, 6.07) is 10.1. The van der Waals surface area contributed by atoms with Crippen molar-refractivity contribution in [3.8, 4) is 0 Å². The van der Waals surface area contributed by atoms with Crippen LogP contribution in [0.5, 0.6) is 0 Å². The normalized spacial score (nSPS) is 11.0. The summed E-state index contributed by atoms with van der Waals surface area (Å²) in [6.07, 6.45) is 0.986. The van der Waals surface area contributed by atoms with Gasteiger partial charge in [-0.25, -0.2) is 4.98 Å².